The topological polar surface area (TPSA) is 0 Å². The van der Waals surface area contributed by atoms with E-state index < -0.39 is 0 Å². The van der Waals surface area contributed by atoms with Gasteiger partial charge in [-0.3, -0.25) is 0 Å². The number of benzene rings is 1. The predicted octanol–water partition coefficient (Wildman–Crippen LogP) is 3.70. The van der Waals surface area contributed by atoms with Crippen molar-refractivity contribution >= 4 is 31.9 Å². The molecule has 0 amide bonds. The number of hydrogen-bond donors (Lipinski definition) is 0. The lowest BCUT2D eigenvalue weighted by Gasteiger charge is -1.97. The average Bonchev–Trinajstić information content (AvgIpc) is 2.67. The Hall–Kier alpha value is 0.180. The molecule has 0 unspecified atom stereocenters. The zero-order chi connectivity index (χ0) is 7.84. The van der Waals surface area contributed by atoms with Gasteiger partial charge >= 0.3 is 0 Å². The lowest BCUT2D eigenvalue weighted by atomic mass is 10.1. The zero-order valence-corrected chi connectivity index (χ0v) is 9.10. The Balaban J connectivity index is 2.25. The van der Waals surface area contributed by atoms with E-state index in [0.29, 0.717) is 0 Å². The van der Waals surface area contributed by atoms with E-state index >= 15 is 0 Å². The van der Waals surface area contributed by atoms with E-state index in [0.717, 1.165) is 10.7 Å². The van der Waals surface area contributed by atoms with Crippen molar-refractivity contribution in [1.29, 1.82) is 0 Å². The molecule has 1 aliphatic carbocycles. The minimum atomic E-state index is 0.719. The van der Waals surface area contributed by atoms with Gasteiger partial charge in [0, 0.05) is 9.30 Å². The van der Waals surface area contributed by atoms with Crippen molar-refractivity contribution in [2.75, 3.05) is 0 Å². The summed E-state index contributed by atoms with van der Waals surface area (Å²) in [6.07, 6.45) is 1.29. The van der Waals surface area contributed by atoms with Crippen LogP contribution in [0.4, 0.5) is 0 Å². The fourth-order valence-electron chi connectivity index (χ4n) is 1.25. The highest BCUT2D eigenvalue weighted by molar-refractivity contribution is 9.10. The summed E-state index contributed by atoms with van der Waals surface area (Å²) in [5.41, 5.74) is 1.45. The number of rotatable bonds is 1. The first kappa shape index (κ1) is 7.81. The van der Waals surface area contributed by atoms with E-state index in [9.17, 15) is 0 Å². The van der Waals surface area contributed by atoms with Crippen molar-refractivity contribution in [1.82, 2.24) is 0 Å². The van der Waals surface area contributed by atoms with Gasteiger partial charge in [0.2, 0.25) is 0 Å². The molecule has 1 aliphatic rings. The normalized spacial score (nSPS) is 28.5. The first-order valence-corrected chi connectivity index (χ1v) is 5.38. The Morgan fingerprint density at radius 1 is 1.36 bits per heavy atom. The average molecular weight is 276 g/mol. The summed E-state index contributed by atoms with van der Waals surface area (Å²) in [7, 11) is 0. The molecule has 0 aliphatic heterocycles. The summed E-state index contributed by atoms with van der Waals surface area (Å²) in [5, 5.41) is 0. The third-order valence-electron chi connectivity index (χ3n) is 1.99. The van der Waals surface area contributed by atoms with Crippen LogP contribution in [-0.4, -0.2) is 4.83 Å². The minimum absolute atomic E-state index is 0.719. The van der Waals surface area contributed by atoms with Gasteiger partial charge in [-0.15, -0.1) is 0 Å². The lowest BCUT2D eigenvalue weighted by molar-refractivity contribution is 1.14. The van der Waals surface area contributed by atoms with E-state index in [2.05, 4.69) is 56.1 Å². The van der Waals surface area contributed by atoms with Crippen molar-refractivity contribution in [2.45, 2.75) is 17.2 Å². The number of halogens is 2. The first-order chi connectivity index (χ1) is 5.27. The third kappa shape index (κ3) is 1.67. The van der Waals surface area contributed by atoms with Crippen LogP contribution in [0, 0.1) is 0 Å². The Bertz CT molecular complexity index is 270. The Kier molecular flexibility index (Phi) is 2.06. The largest absolute Gasteiger partial charge is 0.0884 e. The van der Waals surface area contributed by atoms with Gasteiger partial charge in [-0.25, -0.2) is 0 Å². The molecule has 2 heteroatoms. The van der Waals surface area contributed by atoms with Crippen LogP contribution in [-0.2, 0) is 0 Å². The second kappa shape index (κ2) is 2.91. The summed E-state index contributed by atoms with van der Waals surface area (Å²) >= 11 is 7.06. The predicted molar refractivity (Wildman–Crippen MR) is 54.2 cm³/mol. The standard InChI is InChI=1S/C9H8Br2/c10-7-3-1-2-6(4-7)8-5-9(8)11/h1-4,8-9H,5H2/t8-,9+/m1/s1. The third-order valence-corrected chi connectivity index (χ3v) is 3.49. The molecular formula is C9H8Br2. The molecule has 11 heavy (non-hydrogen) atoms. The highest BCUT2D eigenvalue weighted by Gasteiger charge is 2.35. The van der Waals surface area contributed by atoms with Gasteiger partial charge in [0.1, 0.15) is 0 Å². The second-order valence-electron chi connectivity index (χ2n) is 2.91. The molecule has 0 heterocycles. The second-order valence-corrected chi connectivity index (χ2v) is 5.01. The van der Waals surface area contributed by atoms with Gasteiger partial charge in [0.15, 0.2) is 0 Å². The van der Waals surface area contributed by atoms with Crippen molar-refractivity contribution in [2.24, 2.45) is 0 Å². The van der Waals surface area contributed by atoms with Crippen LogP contribution in [0.25, 0.3) is 0 Å². The van der Waals surface area contributed by atoms with Crippen LogP contribution >= 0.6 is 31.9 Å². The summed E-state index contributed by atoms with van der Waals surface area (Å²) in [6.45, 7) is 0. The Labute approximate surface area is 83.3 Å². The van der Waals surface area contributed by atoms with Crippen molar-refractivity contribution in [3.8, 4) is 0 Å². The molecule has 0 bridgehead atoms. The molecule has 58 valence electrons. The van der Waals surface area contributed by atoms with Gasteiger partial charge in [-0.2, -0.15) is 0 Å². The van der Waals surface area contributed by atoms with Crippen LogP contribution in [0.3, 0.4) is 0 Å². The summed E-state index contributed by atoms with van der Waals surface area (Å²) in [4.78, 5) is 0.719. The molecule has 0 nitrogen and oxygen atoms in total. The van der Waals surface area contributed by atoms with E-state index in [-0.39, 0.29) is 0 Å². The van der Waals surface area contributed by atoms with Crippen LogP contribution in [0.2, 0.25) is 0 Å². The molecule has 1 saturated carbocycles. The van der Waals surface area contributed by atoms with Gasteiger partial charge in [0.25, 0.3) is 0 Å². The van der Waals surface area contributed by atoms with Gasteiger partial charge in [-0.05, 0) is 30.0 Å². The first-order valence-electron chi connectivity index (χ1n) is 3.67. The monoisotopic (exact) mass is 274 g/mol. The Morgan fingerprint density at radius 2 is 2.09 bits per heavy atom. The molecule has 0 aromatic heterocycles. The van der Waals surface area contributed by atoms with Crippen LogP contribution in [0.1, 0.15) is 17.9 Å². The summed E-state index contributed by atoms with van der Waals surface area (Å²) in [5.74, 6) is 0.757. The number of alkyl halides is 1. The van der Waals surface area contributed by atoms with Gasteiger partial charge < -0.3 is 0 Å². The molecule has 2 atom stereocenters. The molecule has 1 fully saturated rings. The highest BCUT2D eigenvalue weighted by Crippen LogP contribution is 2.46. The summed E-state index contributed by atoms with van der Waals surface area (Å²) in [6, 6.07) is 8.55. The van der Waals surface area contributed by atoms with Crippen LogP contribution in [0.5, 0.6) is 0 Å². The highest BCUT2D eigenvalue weighted by atomic mass is 79.9. The molecule has 0 spiro atoms. The maximum Gasteiger partial charge on any atom is 0.0221 e. The molecule has 1 aromatic rings. The van der Waals surface area contributed by atoms with Gasteiger partial charge in [-0.1, -0.05) is 44.0 Å². The maximum absolute atomic E-state index is 3.59. The van der Waals surface area contributed by atoms with Gasteiger partial charge in [0.05, 0.1) is 0 Å². The molecule has 0 N–H and O–H groups in total. The molecule has 0 radical (unpaired) electrons. The number of hydrogen-bond acceptors (Lipinski definition) is 0. The lowest BCUT2D eigenvalue weighted by Crippen LogP contribution is -1.80. The van der Waals surface area contributed by atoms with Crippen molar-refractivity contribution in [3.05, 3.63) is 34.3 Å². The molecule has 0 saturated heterocycles. The maximum atomic E-state index is 3.59. The molecular weight excluding hydrogens is 268 g/mol. The Morgan fingerprint density at radius 3 is 2.64 bits per heavy atom. The smallest absolute Gasteiger partial charge is 0.0221 e. The van der Waals surface area contributed by atoms with E-state index in [4.69, 9.17) is 0 Å². The minimum Gasteiger partial charge on any atom is -0.0884 e. The van der Waals surface area contributed by atoms with Crippen LogP contribution < -0.4 is 0 Å². The van der Waals surface area contributed by atoms with Crippen molar-refractivity contribution < 1.29 is 0 Å². The van der Waals surface area contributed by atoms with E-state index in [1.165, 1.54) is 16.5 Å². The fraction of sp³-hybridized carbons (Fsp3) is 0.333. The molecule has 1 aromatic carbocycles. The quantitative estimate of drug-likeness (QED) is 0.686. The SMILES string of the molecule is Brc1cccc([C@H]2C[C@@H]2Br)c1. The fourth-order valence-corrected chi connectivity index (χ4v) is 2.37. The summed E-state index contributed by atoms with van der Waals surface area (Å²) < 4.78 is 1.18. The van der Waals surface area contributed by atoms with E-state index in [1.807, 2.05) is 0 Å². The van der Waals surface area contributed by atoms with E-state index in [1.54, 1.807) is 0 Å². The van der Waals surface area contributed by atoms with Crippen molar-refractivity contribution in [3.63, 3.8) is 0 Å². The van der Waals surface area contributed by atoms with Crippen LogP contribution in [0.15, 0.2) is 28.7 Å². The molecule has 2 rings (SSSR count). The zero-order valence-electron chi connectivity index (χ0n) is 5.93.